The van der Waals surface area contributed by atoms with E-state index in [0.29, 0.717) is 45.8 Å². The average molecular weight is 402 g/mol. The number of aliphatic hydroxyl groups is 1. The summed E-state index contributed by atoms with van der Waals surface area (Å²) < 4.78 is 0. The van der Waals surface area contributed by atoms with E-state index in [4.69, 9.17) is 15.3 Å². The first-order valence-electron chi connectivity index (χ1n) is 9.10. The van der Waals surface area contributed by atoms with Crippen LogP contribution in [-0.4, -0.2) is 129 Å². The van der Waals surface area contributed by atoms with Crippen molar-refractivity contribution in [2.75, 3.05) is 65.4 Å². The van der Waals surface area contributed by atoms with Gasteiger partial charge in [0, 0.05) is 58.2 Å². The number of carboxylic acid groups (broad SMARTS) is 3. The van der Waals surface area contributed by atoms with Crippen LogP contribution in [0.2, 0.25) is 0 Å². The number of β-amino-alcohol motifs (C(OH)–C–C–N with tert-alkyl or cyclic N) is 1. The molecule has 0 aromatic heterocycles. The predicted molar refractivity (Wildman–Crippen MR) is 99.8 cm³/mol. The molecule has 160 valence electrons. The third-order valence-electron chi connectivity index (χ3n) is 4.18. The van der Waals surface area contributed by atoms with Gasteiger partial charge in [0.25, 0.3) is 0 Å². The molecule has 0 saturated heterocycles. The van der Waals surface area contributed by atoms with Gasteiger partial charge in [-0.25, -0.2) is 0 Å². The molecule has 0 fully saturated rings. The zero-order valence-electron chi connectivity index (χ0n) is 16.1. The highest BCUT2D eigenvalue weighted by Gasteiger charge is 2.18. The average Bonchev–Trinajstić information content (AvgIpc) is 2.55. The molecule has 0 radical (unpaired) electrons. The van der Waals surface area contributed by atoms with E-state index in [9.17, 15) is 19.5 Å². The van der Waals surface area contributed by atoms with E-state index in [-0.39, 0.29) is 19.6 Å². The summed E-state index contributed by atoms with van der Waals surface area (Å²) in [7, 11) is 0. The second-order valence-electron chi connectivity index (χ2n) is 6.85. The molecular weight excluding hydrogens is 372 g/mol. The van der Waals surface area contributed by atoms with Gasteiger partial charge in [-0.15, -0.1) is 0 Å². The maximum Gasteiger partial charge on any atom is 0.323 e. The van der Waals surface area contributed by atoms with Crippen LogP contribution in [0.15, 0.2) is 12.4 Å². The highest BCUT2D eigenvalue weighted by molar-refractivity contribution is 5.70. The maximum absolute atomic E-state index is 11.1. The number of nitrogens with zero attached hydrogens (tertiary/aromatic N) is 4. The SMILES string of the molecule is C[C@@H](O)CN1/C=C\N(CC(=O)O)CCN(CC(=O)O)CCN(CC(=O)O)CC1. The van der Waals surface area contributed by atoms with Gasteiger partial charge in [-0.1, -0.05) is 0 Å². The Morgan fingerprint density at radius 3 is 1.57 bits per heavy atom. The van der Waals surface area contributed by atoms with Crippen LogP contribution in [-0.2, 0) is 14.4 Å². The van der Waals surface area contributed by atoms with Gasteiger partial charge >= 0.3 is 17.9 Å². The highest BCUT2D eigenvalue weighted by atomic mass is 16.4. The minimum atomic E-state index is -1.00. The third kappa shape index (κ3) is 10.7. The summed E-state index contributed by atoms with van der Waals surface area (Å²) in [4.78, 5) is 40.1. The van der Waals surface area contributed by atoms with Crippen molar-refractivity contribution in [3.8, 4) is 0 Å². The lowest BCUT2D eigenvalue weighted by atomic mass is 10.3. The van der Waals surface area contributed by atoms with Crippen molar-refractivity contribution in [1.29, 1.82) is 0 Å². The Morgan fingerprint density at radius 1 is 0.750 bits per heavy atom. The normalized spacial score (nSPS) is 20.1. The summed E-state index contributed by atoms with van der Waals surface area (Å²) in [6.45, 7) is 3.53. The van der Waals surface area contributed by atoms with Crippen LogP contribution < -0.4 is 0 Å². The molecular formula is C17H30N4O7. The zero-order chi connectivity index (χ0) is 21.1. The fraction of sp³-hybridized carbons (Fsp3) is 0.706. The van der Waals surface area contributed by atoms with E-state index in [1.165, 1.54) is 0 Å². The van der Waals surface area contributed by atoms with Crippen molar-refractivity contribution in [1.82, 2.24) is 19.6 Å². The summed E-state index contributed by atoms with van der Waals surface area (Å²) in [6.07, 6.45) is 2.68. The third-order valence-corrected chi connectivity index (χ3v) is 4.18. The fourth-order valence-electron chi connectivity index (χ4n) is 2.88. The molecule has 0 aromatic rings. The second kappa shape index (κ2) is 12.2. The van der Waals surface area contributed by atoms with Gasteiger partial charge < -0.3 is 30.2 Å². The van der Waals surface area contributed by atoms with E-state index in [2.05, 4.69) is 0 Å². The maximum atomic E-state index is 11.1. The van der Waals surface area contributed by atoms with Crippen molar-refractivity contribution in [3.63, 3.8) is 0 Å². The molecule has 11 nitrogen and oxygen atoms in total. The first-order chi connectivity index (χ1) is 13.2. The summed E-state index contributed by atoms with van der Waals surface area (Å²) in [5.74, 6) is -2.97. The minimum Gasteiger partial charge on any atom is -0.480 e. The lowest BCUT2D eigenvalue weighted by Gasteiger charge is -2.31. The molecule has 0 amide bonds. The summed E-state index contributed by atoms with van der Waals surface area (Å²) in [5, 5.41) is 37.0. The number of carbonyl (C=O) groups is 3. The molecule has 0 aliphatic carbocycles. The standard InChI is InChI=1S/C17H30N4O7/c1-14(22)10-18-2-4-19(11-15(23)24)6-8-21(13-17(27)28)9-7-20(5-3-18)12-16(25)26/h2,4,14,22H,3,5-13H2,1H3,(H,23,24)(H,25,26)(H,27,28)/b4-2-/t14-/m1/s1. The molecule has 0 aromatic carbocycles. The summed E-state index contributed by atoms with van der Waals surface area (Å²) >= 11 is 0. The van der Waals surface area contributed by atoms with Gasteiger partial charge in [-0.05, 0) is 6.92 Å². The van der Waals surface area contributed by atoms with Gasteiger partial charge in [-0.3, -0.25) is 24.2 Å². The van der Waals surface area contributed by atoms with Crippen LogP contribution in [0.1, 0.15) is 6.92 Å². The number of hydrogen-bond acceptors (Lipinski definition) is 8. The highest BCUT2D eigenvalue weighted by Crippen LogP contribution is 2.03. The Kier molecular flexibility index (Phi) is 10.3. The summed E-state index contributed by atoms with van der Waals surface area (Å²) in [5.41, 5.74) is 0. The molecule has 11 heteroatoms. The fourth-order valence-corrected chi connectivity index (χ4v) is 2.88. The predicted octanol–water partition coefficient (Wildman–Crippen LogP) is -1.69. The Labute approximate surface area is 164 Å². The molecule has 4 N–H and O–H groups in total. The van der Waals surface area contributed by atoms with Crippen molar-refractivity contribution < 1.29 is 34.8 Å². The van der Waals surface area contributed by atoms with E-state index >= 15 is 0 Å². The van der Waals surface area contributed by atoms with E-state index in [1.807, 2.05) is 4.90 Å². The molecule has 1 aliphatic heterocycles. The van der Waals surface area contributed by atoms with Crippen LogP contribution in [0.25, 0.3) is 0 Å². The Hall–Kier alpha value is -2.37. The quantitative estimate of drug-likeness (QED) is 0.369. The molecule has 28 heavy (non-hydrogen) atoms. The number of rotatable bonds is 8. The Bertz CT molecular complexity index is 556. The smallest absolute Gasteiger partial charge is 0.323 e. The number of aliphatic hydroxyl groups excluding tert-OH is 1. The molecule has 1 rings (SSSR count). The van der Waals surface area contributed by atoms with E-state index in [1.54, 1.807) is 34.0 Å². The largest absolute Gasteiger partial charge is 0.480 e. The van der Waals surface area contributed by atoms with Crippen LogP contribution in [0.3, 0.4) is 0 Å². The lowest BCUT2D eigenvalue weighted by Crippen LogP contribution is -2.45. The second-order valence-corrected chi connectivity index (χ2v) is 6.85. The summed E-state index contributed by atoms with van der Waals surface area (Å²) in [6, 6.07) is 0. The van der Waals surface area contributed by atoms with Crippen LogP contribution in [0, 0.1) is 0 Å². The van der Waals surface area contributed by atoms with Crippen molar-refractivity contribution in [2.24, 2.45) is 0 Å². The zero-order valence-corrected chi connectivity index (χ0v) is 16.1. The van der Waals surface area contributed by atoms with Gasteiger partial charge in [0.1, 0.15) is 6.54 Å². The Balaban J connectivity index is 2.99. The van der Waals surface area contributed by atoms with Crippen LogP contribution in [0.5, 0.6) is 0 Å². The van der Waals surface area contributed by atoms with Gasteiger partial charge in [0.05, 0.1) is 19.2 Å². The monoisotopic (exact) mass is 402 g/mol. The van der Waals surface area contributed by atoms with Crippen molar-refractivity contribution in [3.05, 3.63) is 12.4 Å². The Morgan fingerprint density at radius 2 is 1.14 bits per heavy atom. The number of aliphatic carboxylic acids is 3. The topological polar surface area (TPSA) is 145 Å². The number of carboxylic acids is 3. The molecule has 1 atom stereocenters. The van der Waals surface area contributed by atoms with Gasteiger partial charge in [0.2, 0.25) is 0 Å². The molecule has 0 spiro atoms. The minimum absolute atomic E-state index is 0.168. The molecule has 1 heterocycles. The first kappa shape index (κ1) is 23.7. The van der Waals surface area contributed by atoms with E-state index < -0.39 is 24.0 Å². The first-order valence-corrected chi connectivity index (χ1v) is 9.10. The molecule has 0 saturated carbocycles. The molecule has 0 bridgehead atoms. The molecule has 0 unspecified atom stereocenters. The van der Waals surface area contributed by atoms with Gasteiger partial charge in [-0.2, -0.15) is 0 Å². The van der Waals surface area contributed by atoms with Gasteiger partial charge in [0.15, 0.2) is 0 Å². The van der Waals surface area contributed by atoms with Crippen LogP contribution in [0.4, 0.5) is 0 Å². The number of hydrogen-bond donors (Lipinski definition) is 4. The van der Waals surface area contributed by atoms with Crippen molar-refractivity contribution >= 4 is 17.9 Å². The van der Waals surface area contributed by atoms with Crippen LogP contribution >= 0.6 is 0 Å². The molecule has 1 aliphatic rings. The van der Waals surface area contributed by atoms with E-state index in [0.717, 1.165) is 0 Å². The van der Waals surface area contributed by atoms with Crippen molar-refractivity contribution in [2.45, 2.75) is 13.0 Å². The lowest BCUT2D eigenvalue weighted by molar-refractivity contribution is -0.140.